The Labute approximate surface area is 166 Å². The molecule has 0 unspecified atom stereocenters. The molecule has 2 aromatic rings. The van der Waals surface area contributed by atoms with Crippen LogP contribution in [0.5, 0.6) is 0 Å². The lowest BCUT2D eigenvalue weighted by atomic mass is 10.1. The van der Waals surface area contributed by atoms with Crippen molar-refractivity contribution in [3.05, 3.63) is 21.8 Å². The van der Waals surface area contributed by atoms with Crippen molar-refractivity contribution in [1.82, 2.24) is 14.9 Å². The minimum absolute atomic E-state index is 0.0736. The van der Waals surface area contributed by atoms with Crippen molar-refractivity contribution in [2.24, 2.45) is 5.92 Å². The van der Waals surface area contributed by atoms with Gasteiger partial charge in [-0.1, -0.05) is 25.6 Å². The molecule has 148 valence electrons. The van der Waals surface area contributed by atoms with Gasteiger partial charge in [0, 0.05) is 19.5 Å². The van der Waals surface area contributed by atoms with Crippen LogP contribution < -0.4 is 10.9 Å². The number of unbranched alkanes of at least 4 members (excludes halogenated alkanes) is 1. The molecule has 2 N–H and O–H groups in total. The van der Waals surface area contributed by atoms with E-state index < -0.39 is 5.97 Å². The minimum atomic E-state index is -0.846. The number of aliphatic carboxylic acids is 1. The first kappa shape index (κ1) is 21.4. The van der Waals surface area contributed by atoms with Crippen LogP contribution in [0.1, 0.15) is 39.5 Å². The summed E-state index contributed by atoms with van der Waals surface area (Å²) in [6.07, 6.45) is 2.05. The fourth-order valence-electron chi connectivity index (χ4n) is 2.46. The van der Waals surface area contributed by atoms with Crippen LogP contribution in [0.25, 0.3) is 10.2 Å². The first-order valence-electron chi connectivity index (χ1n) is 8.97. The van der Waals surface area contributed by atoms with E-state index in [2.05, 4.69) is 24.1 Å². The molecule has 0 aliphatic rings. The van der Waals surface area contributed by atoms with Crippen LogP contribution >= 0.6 is 23.1 Å². The maximum Gasteiger partial charge on any atom is 0.303 e. The van der Waals surface area contributed by atoms with Gasteiger partial charge in [0.2, 0.25) is 5.91 Å². The van der Waals surface area contributed by atoms with Crippen LogP contribution in [0.2, 0.25) is 0 Å². The second kappa shape index (κ2) is 10.5. The number of thiophene rings is 1. The van der Waals surface area contributed by atoms with E-state index in [9.17, 15) is 14.4 Å². The molecule has 0 aliphatic heterocycles. The van der Waals surface area contributed by atoms with E-state index in [1.54, 1.807) is 10.6 Å². The number of carbonyl (C=O) groups is 2. The second-order valence-corrected chi connectivity index (χ2v) is 8.52. The number of hydrogen-bond donors (Lipinski definition) is 2. The van der Waals surface area contributed by atoms with Gasteiger partial charge in [-0.3, -0.25) is 19.0 Å². The summed E-state index contributed by atoms with van der Waals surface area (Å²) >= 11 is 2.58. The highest BCUT2D eigenvalue weighted by Crippen LogP contribution is 2.21. The monoisotopic (exact) mass is 411 g/mol. The molecule has 0 spiro atoms. The van der Waals surface area contributed by atoms with Crippen LogP contribution in [0.4, 0.5) is 0 Å². The average molecular weight is 412 g/mol. The molecule has 7 nitrogen and oxygen atoms in total. The lowest BCUT2D eigenvalue weighted by Crippen LogP contribution is -2.28. The van der Waals surface area contributed by atoms with Crippen LogP contribution in [-0.2, 0) is 16.1 Å². The van der Waals surface area contributed by atoms with Gasteiger partial charge in [0.1, 0.15) is 4.70 Å². The molecule has 0 atom stereocenters. The van der Waals surface area contributed by atoms with Gasteiger partial charge < -0.3 is 10.4 Å². The number of hydrogen-bond acceptors (Lipinski definition) is 6. The van der Waals surface area contributed by atoms with Crippen molar-refractivity contribution in [2.45, 2.75) is 51.2 Å². The summed E-state index contributed by atoms with van der Waals surface area (Å²) in [5, 5.41) is 14.0. The Bertz CT molecular complexity index is 845. The zero-order valence-electron chi connectivity index (χ0n) is 15.6. The third-order valence-electron chi connectivity index (χ3n) is 3.93. The van der Waals surface area contributed by atoms with Crippen LogP contribution in [0.3, 0.4) is 0 Å². The fraction of sp³-hybridized carbons (Fsp3) is 0.556. The number of thioether (sulfide) groups is 1. The number of aromatic nitrogens is 2. The Morgan fingerprint density at radius 3 is 2.85 bits per heavy atom. The molecule has 1 amide bonds. The molecule has 2 heterocycles. The van der Waals surface area contributed by atoms with Gasteiger partial charge in [0.05, 0.1) is 11.3 Å². The number of nitrogens with zero attached hydrogens (tertiary/aromatic N) is 2. The maximum absolute atomic E-state index is 12.7. The van der Waals surface area contributed by atoms with E-state index in [0.29, 0.717) is 47.2 Å². The number of amides is 1. The Balaban J connectivity index is 2.06. The third-order valence-corrected chi connectivity index (χ3v) is 5.80. The van der Waals surface area contributed by atoms with Crippen LogP contribution in [0.15, 0.2) is 21.4 Å². The van der Waals surface area contributed by atoms with E-state index >= 15 is 0 Å². The molecular formula is C18H25N3O4S2. The molecule has 0 aliphatic carbocycles. The standard InChI is InChI=1S/C18H25N3O4S2/c1-12(2)6-8-19-14(22)11-27-18-20-13-7-10-26-16(13)17(25)21(18)9-4-3-5-15(23)24/h7,10,12H,3-6,8-9,11H2,1-2H3,(H,19,22)(H,23,24). The van der Waals surface area contributed by atoms with Gasteiger partial charge >= 0.3 is 5.97 Å². The van der Waals surface area contributed by atoms with Crippen molar-refractivity contribution in [1.29, 1.82) is 0 Å². The van der Waals surface area contributed by atoms with Crippen LogP contribution in [-0.4, -0.2) is 38.8 Å². The molecule has 0 aromatic carbocycles. The maximum atomic E-state index is 12.7. The zero-order chi connectivity index (χ0) is 19.8. The normalized spacial score (nSPS) is 11.2. The van der Waals surface area contributed by atoms with E-state index in [-0.39, 0.29) is 23.6 Å². The van der Waals surface area contributed by atoms with Crippen molar-refractivity contribution in [2.75, 3.05) is 12.3 Å². The van der Waals surface area contributed by atoms with E-state index in [1.165, 1.54) is 23.1 Å². The van der Waals surface area contributed by atoms with Crippen molar-refractivity contribution in [3.8, 4) is 0 Å². The first-order valence-corrected chi connectivity index (χ1v) is 10.8. The number of nitrogens with one attached hydrogen (secondary N) is 1. The summed E-state index contributed by atoms with van der Waals surface area (Å²) in [5.74, 6) is -0.217. The third kappa shape index (κ3) is 6.66. The van der Waals surface area contributed by atoms with E-state index in [4.69, 9.17) is 5.11 Å². The largest absolute Gasteiger partial charge is 0.481 e. The highest BCUT2D eigenvalue weighted by atomic mass is 32.2. The van der Waals surface area contributed by atoms with Gasteiger partial charge in [-0.05, 0) is 36.6 Å². The summed E-state index contributed by atoms with van der Waals surface area (Å²) in [6.45, 7) is 5.23. The van der Waals surface area contributed by atoms with Crippen molar-refractivity contribution < 1.29 is 14.7 Å². The quantitative estimate of drug-likeness (QED) is 0.335. The first-order chi connectivity index (χ1) is 12.9. The number of carbonyl (C=O) groups excluding carboxylic acids is 1. The summed E-state index contributed by atoms with van der Waals surface area (Å²) in [7, 11) is 0. The van der Waals surface area contributed by atoms with E-state index in [1.807, 2.05) is 5.38 Å². The molecule has 2 rings (SSSR count). The number of fused-ring (bicyclic) bond motifs is 1. The Hall–Kier alpha value is -1.87. The summed E-state index contributed by atoms with van der Waals surface area (Å²) < 4.78 is 2.14. The Morgan fingerprint density at radius 2 is 2.15 bits per heavy atom. The van der Waals surface area contributed by atoms with Gasteiger partial charge in [-0.15, -0.1) is 11.3 Å². The number of rotatable bonds is 11. The molecule has 0 radical (unpaired) electrons. The lowest BCUT2D eigenvalue weighted by Gasteiger charge is -2.12. The predicted molar refractivity (Wildman–Crippen MR) is 109 cm³/mol. The molecule has 27 heavy (non-hydrogen) atoms. The van der Waals surface area contributed by atoms with Gasteiger partial charge in [0.25, 0.3) is 5.56 Å². The van der Waals surface area contributed by atoms with Gasteiger partial charge in [-0.25, -0.2) is 4.98 Å². The average Bonchev–Trinajstić information content (AvgIpc) is 3.06. The summed E-state index contributed by atoms with van der Waals surface area (Å²) in [6, 6.07) is 1.79. The van der Waals surface area contributed by atoms with E-state index in [0.717, 1.165) is 6.42 Å². The molecule has 0 saturated carbocycles. The zero-order valence-corrected chi connectivity index (χ0v) is 17.2. The highest BCUT2D eigenvalue weighted by Gasteiger charge is 2.14. The van der Waals surface area contributed by atoms with Gasteiger partial charge in [0.15, 0.2) is 5.16 Å². The van der Waals surface area contributed by atoms with Crippen molar-refractivity contribution >= 4 is 45.2 Å². The minimum Gasteiger partial charge on any atom is -0.481 e. The number of carboxylic acid groups (broad SMARTS) is 1. The topological polar surface area (TPSA) is 101 Å². The second-order valence-electron chi connectivity index (χ2n) is 6.66. The smallest absolute Gasteiger partial charge is 0.303 e. The predicted octanol–water partition coefficient (Wildman–Crippen LogP) is 2.97. The lowest BCUT2D eigenvalue weighted by molar-refractivity contribution is -0.137. The summed E-state index contributed by atoms with van der Waals surface area (Å²) in [5.41, 5.74) is 0.502. The molecule has 0 fully saturated rings. The Morgan fingerprint density at radius 1 is 1.37 bits per heavy atom. The van der Waals surface area contributed by atoms with Gasteiger partial charge in [-0.2, -0.15) is 0 Å². The SMILES string of the molecule is CC(C)CCNC(=O)CSc1nc2ccsc2c(=O)n1CCCCC(=O)O. The molecule has 0 saturated heterocycles. The molecule has 0 bridgehead atoms. The Kier molecular flexibility index (Phi) is 8.30. The number of carboxylic acids is 1. The summed E-state index contributed by atoms with van der Waals surface area (Å²) in [4.78, 5) is 40.0. The van der Waals surface area contributed by atoms with Crippen LogP contribution in [0, 0.1) is 5.92 Å². The molecule has 9 heteroatoms. The highest BCUT2D eigenvalue weighted by molar-refractivity contribution is 7.99. The van der Waals surface area contributed by atoms with Crippen molar-refractivity contribution in [3.63, 3.8) is 0 Å². The molecule has 2 aromatic heterocycles. The fourth-order valence-corrected chi connectivity index (χ4v) is 4.09. The molecular weight excluding hydrogens is 386 g/mol.